The fraction of sp³-hybridized carbons (Fsp3) is 0.0769. The van der Waals surface area contributed by atoms with E-state index in [1.807, 2.05) is 36.4 Å². The first-order valence-electron chi connectivity index (χ1n) is 5.19. The van der Waals surface area contributed by atoms with Gasteiger partial charge in [0.15, 0.2) is 0 Å². The van der Waals surface area contributed by atoms with Crippen molar-refractivity contribution in [3.05, 3.63) is 61.0 Å². The predicted molar refractivity (Wildman–Crippen MR) is 85.6 cm³/mol. The molecule has 0 unspecified atom stereocenters. The smallest absolute Gasteiger partial charge is 0.0568 e. The van der Waals surface area contributed by atoms with Crippen molar-refractivity contribution in [1.82, 2.24) is 0 Å². The van der Waals surface area contributed by atoms with Gasteiger partial charge in [-0.05, 0) is 51.8 Å². The Hall–Kier alpha value is -0.220. The molecule has 0 aliphatic heterocycles. The van der Waals surface area contributed by atoms with Gasteiger partial charge in [0.05, 0.1) is 5.02 Å². The molecule has 1 N–H and O–H groups in total. The largest absolute Gasteiger partial charge is 0.381 e. The molecular weight excluding hydrogens is 401 g/mol. The van der Waals surface area contributed by atoms with Crippen molar-refractivity contribution < 1.29 is 0 Å². The first-order chi connectivity index (χ1) is 8.56. The number of rotatable bonds is 3. The second-order valence-electron chi connectivity index (χ2n) is 3.72. The minimum atomic E-state index is 0.657. The average molecular weight is 410 g/mol. The molecule has 0 aromatic heterocycles. The molecule has 0 saturated carbocycles. The molecule has 0 aliphatic carbocycles. The van der Waals surface area contributed by atoms with Crippen molar-refractivity contribution in [3.8, 4) is 0 Å². The van der Waals surface area contributed by atoms with Gasteiger partial charge in [-0.2, -0.15) is 0 Å². The van der Waals surface area contributed by atoms with E-state index in [-0.39, 0.29) is 0 Å². The highest BCUT2D eigenvalue weighted by atomic mass is 79.9. The third kappa shape index (κ3) is 3.64. The second-order valence-corrected chi connectivity index (χ2v) is 6.30. The van der Waals surface area contributed by atoms with Gasteiger partial charge in [0.2, 0.25) is 0 Å². The summed E-state index contributed by atoms with van der Waals surface area (Å²) in [6, 6.07) is 11.6. The summed E-state index contributed by atoms with van der Waals surface area (Å²) in [6.45, 7) is 0.657. The molecule has 1 nitrogen and oxygen atoms in total. The molecule has 2 aromatic carbocycles. The van der Waals surface area contributed by atoms with Gasteiger partial charge in [0.1, 0.15) is 0 Å². The van der Waals surface area contributed by atoms with E-state index in [0.29, 0.717) is 11.6 Å². The van der Waals surface area contributed by atoms with Crippen LogP contribution in [-0.4, -0.2) is 0 Å². The molecule has 0 radical (unpaired) electrons. The quantitative estimate of drug-likeness (QED) is 0.642. The van der Waals surface area contributed by atoms with Crippen LogP contribution in [0.15, 0.2) is 45.3 Å². The van der Waals surface area contributed by atoms with Gasteiger partial charge in [-0.3, -0.25) is 0 Å². The highest BCUT2D eigenvalue weighted by molar-refractivity contribution is 9.10. The number of halogens is 4. The Morgan fingerprint density at radius 3 is 2.39 bits per heavy atom. The van der Waals surface area contributed by atoms with Crippen LogP contribution >= 0.6 is 55.1 Å². The number of benzene rings is 2. The molecule has 0 atom stereocenters. The number of anilines is 1. The van der Waals surface area contributed by atoms with Gasteiger partial charge in [-0.1, -0.05) is 45.2 Å². The SMILES string of the molecule is Clc1cc(NCc2ccc(Br)cc2Cl)ccc1Br. The van der Waals surface area contributed by atoms with E-state index in [2.05, 4.69) is 37.2 Å². The van der Waals surface area contributed by atoms with Crippen molar-refractivity contribution in [2.45, 2.75) is 6.54 Å². The first-order valence-corrected chi connectivity index (χ1v) is 7.53. The monoisotopic (exact) mass is 407 g/mol. The van der Waals surface area contributed by atoms with Crippen LogP contribution in [-0.2, 0) is 6.54 Å². The standard InChI is InChI=1S/C13H9Br2Cl2N/c14-9-2-1-8(12(16)5-9)7-18-10-3-4-11(15)13(17)6-10/h1-6,18H,7H2. The van der Waals surface area contributed by atoms with E-state index in [1.54, 1.807) is 0 Å². The van der Waals surface area contributed by atoms with Crippen molar-refractivity contribution in [2.24, 2.45) is 0 Å². The Morgan fingerprint density at radius 1 is 0.944 bits per heavy atom. The summed E-state index contributed by atoms with van der Waals surface area (Å²) in [4.78, 5) is 0. The molecule has 2 rings (SSSR count). The van der Waals surface area contributed by atoms with E-state index in [4.69, 9.17) is 23.2 Å². The summed E-state index contributed by atoms with van der Waals surface area (Å²) < 4.78 is 1.86. The molecule has 0 spiro atoms. The van der Waals surface area contributed by atoms with Crippen LogP contribution in [0.2, 0.25) is 10.0 Å². The lowest BCUT2D eigenvalue weighted by Crippen LogP contribution is -1.99. The summed E-state index contributed by atoms with van der Waals surface area (Å²) in [7, 11) is 0. The van der Waals surface area contributed by atoms with Crippen LogP contribution in [0, 0.1) is 0 Å². The predicted octanol–water partition coefficient (Wildman–Crippen LogP) is 6.13. The lowest BCUT2D eigenvalue weighted by atomic mass is 10.2. The van der Waals surface area contributed by atoms with Gasteiger partial charge < -0.3 is 5.32 Å². The molecule has 5 heteroatoms. The highest BCUT2D eigenvalue weighted by Crippen LogP contribution is 2.27. The minimum absolute atomic E-state index is 0.657. The Labute approximate surface area is 133 Å². The normalized spacial score (nSPS) is 10.4. The van der Waals surface area contributed by atoms with Crippen molar-refractivity contribution in [1.29, 1.82) is 0 Å². The molecule has 0 saturated heterocycles. The van der Waals surface area contributed by atoms with Crippen LogP contribution in [0.3, 0.4) is 0 Å². The molecule has 0 heterocycles. The zero-order valence-electron chi connectivity index (χ0n) is 9.18. The van der Waals surface area contributed by atoms with E-state index < -0.39 is 0 Å². The van der Waals surface area contributed by atoms with Crippen molar-refractivity contribution in [2.75, 3.05) is 5.32 Å². The molecular formula is C13H9Br2Cl2N. The van der Waals surface area contributed by atoms with Gasteiger partial charge in [0.25, 0.3) is 0 Å². The summed E-state index contributed by atoms with van der Waals surface area (Å²) in [6.07, 6.45) is 0. The summed E-state index contributed by atoms with van der Waals surface area (Å²) in [5.74, 6) is 0. The Bertz CT molecular complexity index is 573. The van der Waals surface area contributed by atoms with Gasteiger partial charge in [-0.25, -0.2) is 0 Å². The third-order valence-corrected chi connectivity index (χ3v) is 4.50. The number of nitrogens with one attached hydrogen (secondary N) is 1. The van der Waals surface area contributed by atoms with E-state index in [1.165, 1.54) is 0 Å². The summed E-state index contributed by atoms with van der Waals surface area (Å²) in [5.41, 5.74) is 2.00. The average Bonchev–Trinajstić information content (AvgIpc) is 2.32. The fourth-order valence-corrected chi connectivity index (χ4v) is 2.64. The zero-order valence-corrected chi connectivity index (χ0v) is 13.9. The summed E-state index contributed by atoms with van der Waals surface area (Å²) in [5, 5.41) is 4.70. The molecule has 2 aromatic rings. The maximum atomic E-state index is 6.15. The van der Waals surface area contributed by atoms with E-state index in [9.17, 15) is 0 Å². The van der Waals surface area contributed by atoms with E-state index in [0.717, 1.165) is 25.2 Å². The number of hydrogen-bond acceptors (Lipinski definition) is 1. The van der Waals surface area contributed by atoms with Gasteiger partial charge in [-0.15, -0.1) is 0 Å². The molecule has 0 amide bonds. The topological polar surface area (TPSA) is 12.0 Å². The van der Waals surface area contributed by atoms with Crippen LogP contribution < -0.4 is 5.32 Å². The molecule has 94 valence electrons. The van der Waals surface area contributed by atoms with Crippen LogP contribution in [0.25, 0.3) is 0 Å². The van der Waals surface area contributed by atoms with Crippen molar-refractivity contribution in [3.63, 3.8) is 0 Å². The van der Waals surface area contributed by atoms with Crippen LogP contribution in [0.1, 0.15) is 5.56 Å². The van der Waals surface area contributed by atoms with Crippen molar-refractivity contribution >= 4 is 60.7 Å². The Balaban J connectivity index is 2.09. The molecule has 0 fully saturated rings. The first kappa shape index (κ1) is 14.2. The summed E-state index contributed by atoms with van der Waals surface area (Å²) >= 11 is 18.9. The van der Waals surface area contributed by atoms with Crippen LogP contribution in [0.4, 0.5) is 5.69 Å². The van der Waals surface area contributed by atoms with Gasteiger partial charge in [0, 0.05) is 26.2 Å². The zero-order chi connectivity index (χ0) is 13.1. The Morgan fingerprint density at radius 2 is 1.72 bits per heavy atom. The highest BCUT2D eigenvalue weighted by Gasteiger charge is 2.02. The maximum Gasteiger partial charge on any atom is 0.0568 e. The third-order valence-electron chi connectivity index (χ3n) is 2.42. The van der Waals surface area contributed by atoms with Crippen LogP contribution in [0.5, 0.6) is 0 Å². The minimum Gasteiger partial charge on any atom is -0.381 e. The maximum absolute atomic E-state index is 6.15. The van der Waals surface area contributed by atoms with Gasteiger partial charge >= 0.3 is 0 Å². The molecule has 0 aliphatic rings. The lowest BCUT2D eigenvalue weighted by molar-refractivity contribution is 1.15. The Kier molecular flexibility index (Phi) is 4.96. The number of hydrogen-bond donors (Lipinski definition) is 1. The van der Waals surface area contributed by atoms with E-state index >= 15 is 0 Å². The lowest BCUT2D eigenvalue weighted by Gasteiger charge is -2.09. The fourth-order valence-electron chi connectivity index (χ4n) is 1.47. The molecule has 18 heavy (non-hydrogen) atoms. The second kappa shape index (κ2) is 6.29. The molecule has 0 bridgehead atoms.